The van der Waals surface area contributed by atoms with Crippen LogP contribution in [0.3, 0.4) is 0 Å². The lowest BCUT2D eigenvalue weighted by Gasteiger charge is -2.26. The van der Waals surface area contributed by atoms with E-state index in [2.05, 4.69) is 10.5 Å². The lowest BCUT2D eigenvalue weighted by atomic mass is 10.1. The maximum atomic E-state index is 12.7. The molecule has 1 aromatic carbocycles. The van der Waals surface area contributed by atoms with Gasteiger partial charge in [-0.3, -0.25) is 9.59 Å². The second-order valence-electron chi connectivity index (χ2n) is 5.71. The Morgan fingerprint density at radius 1 is 1.26 bits per heavy atom. The van der Waals surface area contributed by atoms with Crippen LogP contribution >= 0.6 is 0 Å². The van der Waals surface area contributed by atoms with Gasteiger partial charge in [0, 0.05) is 17.7 Å². The summed E-state index contributed by atoms with van der Waals surface area (Å²) in [4.78, 5) is 26.4. The average molecular weight is 315 g/mol. The van der Waals surface area contributed by atoms with Crippen LogP contribution in [0.5, 0.6) is 0 Å². The zero-order valence-electron chi connectivity index (χ0n) is 13.8. The van der Waals surface area contributed by atoms with Gasteiger partial charge >= 0.3 is 0 Å². The molecule has 6 heteroatoms. The molecule has 0 fully saturated rings. The molecular weight excluding hydrogens is 294 g/mol. The summed E-state index contributed by atoms with van der Waals surface area (Å²) in [6, 6.07) is 8.87. The first-order chi connectivity index (χ1) is 10.9. The predicted octanol–water partition coefficient (Wildman–Crippen LogP) is 2.78. The van der Waals surface area contributed by atoms with Gasteiger partial charge in [-0.05, 0) is 39.3 Å². The number of aryl methyl sites for hydroxylation is 2. The molecular formula is C17H21N3O3. The van der Waals surface area contributed by atoms with E-state index in [1.165, 1.54) is 4.90 Å². The van der Waals surface area contributed by atoms with Crippen LogP contribution in [0.4, 0.5) is 5.82 Å². The van der Waals surface area contributed by atoms with Crippen molar-refractivity contribution in [3.63, 3.8) is 0 Å². The van der Waals surface area contributed by atoms with E-state index in [-0.39, 0.29) is 24.4 Å². The second kappa shape index (κ2) is 7.09. The average Bonchev–Trinajstić information content (AvgIpc) is 2.89. The number of nitrogens with one attached hydrogen (secondary N) is 1. The molecule has 6 nitrogen and oxygen atoms in total. The van der Waals surface area contributed by atoms with Crippen LogP contribution in [0.25, 0.3) is 0 Å². The van der Waals surface area contributed by atoms with Crippen LogP contribution in [-0.4, -0.2) is 34.5 Å². The molecule has 2 rings (SSSR count). The molecule has 0 saturated carbocycles. The predicted molar refractivity (Wildman–Crippen MR) is 87.2 cm³/mol. The molecule has 0 spiro atoms. The molecule has 0 bridgehead atoms. The molecule has 1 aromatic heterocycles. The Balaban J connectivity index is 2.11. The van der Waals surface area contributed by atoms with Crippen molar-refractivity contribution in [1.82, 2.24) is 10.1 Å². The van der Waals surface area contributed by atoms with E-state index < -0.39 is 0 Å². The molecule has 0 aliphatic rings. The highest BCUT2D eigenvalue weighted by atomic mass is 16.5. The molecule has 1 heterocycles. The topological polar surface area (TPSA) is 75.4 Å². The van der Waals surface area contributed by atoms with Gasteiger partial charge < -0.3 is 14.7 Å². The highest BCUT2D eigenvalue weighted by Gasteiger charge is 2.23. The number of nitrogens with zero attached hydrogens (tertiary/aromatic N) is 2. The van der Waals surface area contributed by atoms with Crippen molar-refractivity contribution in [2.45, 2.75) is 33.7 Å². The van der Waals surface area contributed by atoms with Crippen LogP contribution < -0.4 is 5.32 Å². The minimum absolute atomic E-state index is 0.0449. The quantitative estimate of drug-likeness (QED) is 0.920. The third kappa shape index (κ3) is 4.18. The van der Waals surface area contributed by atoms with Crippen molar-refractivity contribution in [3.8, 4) is 0 Å². The highest BCUT2D eigenvalue weighted by molar-refractivity contribution is 6.00. The largest absolute Gasteiger partial charge is 0.360 e. The van der Waals surface area contributed by atoms with Crippen molar-refractivity contribution in [2.24, 2.45) is 0 Å². The Hall–Kier alpha value is -2.63. The zero-order chi connectivity index (χ0) is 17.0. The van der Waals surface area contributed by atoms with Crippen molar-refractivity contribution >= 4 is 17.6 Å². The van der Waals surface area contributed by atoms with Gasteiger partial charge in [-0.15, -0.1) is 0 Å². The van der Waals surface area contributed by atoms with Crippen molar-refractivity contribution < 1.29 is 14.1 Å². The molecule has 122 valence electrons. The van der Waals surface area contributed by atoms with Crippen molar-refractivity contribution in [2.75, 3.05) is 11.9 Å². The summed E-state index contributed by atoms with van der Waals surface area (Å²) in [6.07, 6.45) is 0. The Morgan fingerprint density at radius 3 is 2.52 bits per heavy atom. The summed E-state index contributed by atoms with van der Waals surface area (Å²) in [6.45, 7) is 7.33. The fraction of sp³-hybridized carbons (Fsp3) is 0.353. The van der Waals surface area contributed by atoms with E-state index in [4.69, 9.17) is 4.52 Å². The number of benzene rings is 1. The standard InChI is InChI=1S/C17H21N3O3/c1-11(2)20(17(22)14-8-6-5-7-12(14)3)10-16(21)18-15-9-13(4)23-19-15/h5-9,11H,10H2,1-4H3,(H,18,19,21). The number of rotatable bonds is 5. The molecule has 0 radical (unpaired) electrons. The number of carbonyl (C=O) groups excluding carboxylic acids is 2. The molecule has 0 atom stereocenters. The lowest BCUT2D eigenvalue weighted by molar-refractivity contribution is -0.117. The van der Waals surface area contributed by atoms with Crippen molar-refractivity contribution in [3.05, 3.63) is 47.2 Å². The SMILES string of the molecule is Cc1cc(NC(=O)CN(C(=O)c2ccccc2C)C(C)C)no1. The molecule has 0 saturated heterocycles. The Morgan fingerprint density at radius 2 is 1.96 bits per heavy atom. The Bertz CT molecular complexity index is 707. The molecule has 1 N–H and O–H groups in total. The van der Waals surface area contributed by atoms with Gasteiger partial charge in [0.15, 0.2) is 5.82 Å². The van der Waals surface area contributed by atoms with E-state index in [1.807, 2.05) is 39.0 Å². The smallest absolute Gasteiger partial charge is 0.254 e. The first kappa shape index (κ1) is 16.7. The molecule has 2 aromatic rings. The first-order valence-electron chi connectivity index (χ1n) is 7.48. The minimum atomic E-state index is -0.311. The van der Waals surface area contributed by atoms with Gasteiger partial charge in [0.2, 0.25) is 5.91 Å². The van der Waals surface area contributed by atoms with Crippen LogP contribution in [0.1, 0.15) is 35.5 Å². The fourth-order valence-corrected chi connectivity index (χ4v) is 2.22. The Labute approximate surface area is 135 Å². The number of hydrogen-bond donors (Lipinski definition) is 1. The van der Waals surface area contributed by atoms with E-state index in [1.54, 1.807) is 19.1 Å². The van der Waals surface area contributed by atoms with E-state index in [0.717, 1.165) is 5.56 Å². The van der Waals surface area contributed by atoms with Crippen molar-refractivity contribution in [1.29, 1.82) is 0 Å². The Kier molecular flexibility index (Phi) is 5.16. The lowest BCUT2D eigenvalue weighted by Crippen LogP contribution is -2.42. The van der Waals surface area contributed by atoms with Gasteiger partial charge in [0.1, 0.15) is 12.3 Å². The number of carbonyl (C=O) groups is 2. The third-order valence-electron chi connectivity index (χ3n) is 3.47. The third-order valence-corrected chi connectivity index (χ3v) is 3.47. The minimum Gasteiger partial charge on any atom is -0.360 e. The normalized spacial score (nSPS) is 10.7. The summed E-state index contributed by atoms with van der Waals surface area (Å²) in [5.74, 6) is 0.482. The monoisotopic (exact) mass is 315 g/mol. The zero-order valence-corrected chi connectivity index (χ0v) is 13.8. The number of anilines is 1. The van der Waals surface area contributed by atoms with Crippen LogP contribution in [0.2, 0.25) is 0 Å². The molecule has 2 amide bonds. The maximum absolute atomic E-state index is 12.7. The van der Waals surface area contributed by atoms with Crippen LogP contribution in [0.15, 0.2) is 34.9 Å². The summed E-state index contributed by atoms with van der Waals surface area (Å²) in [5.41, 5.74) is 1.49. The van der Waals surface area contributed by atoms with Gasteiger partial charge in [-0.1, -0.05) is 23.4 Å². The number of aromatic nitrogens is 1. The van der Waals surface area contributed by atoms with E-state index in [9.17, 15) is 9.59 Å². The van der Waals surface area contributed by atoms with E-state index in [0.29, 0.717) is 17.1 Å². The molecule has 0 unspecified atom stereocenters. The number of hydrogen-bond acceptors (Lipinski definition) is 4. The van der Waals surface area contributed by atoms with Gasteiger partial charge in [-0.2, -0.15) is 0 Å². The second-order valence-corrected chi connectivity index (χ2v) is 5.71. The number of amides is 2. The summed E-state index contributed by atoms with van der Waals surface area (Å²) < 4.78 is 4.91. The summed E-state index contributed by atoms with van der Waals surface area (Å²) in [7, 11) is 0. The van der Waals surface area contributed by atoms with Crippen LogP contribution in [-0.2, 0) is 4.79 Å². The van der Waals surface area contributed by atoms with E-state index >= 15 is 0 Å². The highest BCUT2D eigenvalue weighted by Crippen LogP contribution is 2.13. The summed E-state index contributed by atoms with van der Waals surface area (Å²) in [5, 5.41) is 6.35. The van der Waals surface area contributed by atoms with Crippen LogP contribution in [0, 0.1) is 13.8 Å². The molecule has 0 aliphatic heterocycles. The maximum Gasteiger partial charge on any atom is 0.254 e. The first-order valence-corrected chi connectivity index (χ1v) is 7.48. The summed E-state index contributed by atoms with van der Waals surface area (Å²) >= 11 is 0. The van der Waals surface area contributed by atoms with Gasteiger partial charge in [-0.25, -0.2) is 0 Å². The fourth-order valence-electron chi connectivity index (χ4n) is 2.22. The van der Waals surface area contributed by atoms with Gasteiger partial charge in [0.25, 0.3) is 5.91 Å². The molecule has 23 heavy (non-hydrogen) atoms. The molecule has 0 aliphatic carbocycles. The van der Waals surface area contributed by atoms with Gasteiger partial charge in [0.05, 0.1) is 0 Å².